The monoisotopic (exact) mass is 650 g/mol. The molecule has 0 radical (unpaired) electrons. The maximum Gasteiger partial charge on any atom is 0.305 e. The maximum atomic E-state index is 13.8. The standard InChI is InChI=1S/C31H31FN6O9/c1-16(39)43-15-24-28(44-17(2)40)29(45-18(3)41)27(31(47-24)46-19(4)42)38-14-23(35-36-38)30-34-25(20-6-8-22(32)9-7-20)26(37(30)5)21-10-12-33-13-11-21/h6-14,24,27-29,31H,15H2,1-5H3/t24-,27-,28-,29-,31+/m1/s1. The molecule has 0 spiro atoms. The van der Waals surface area contributed by atoms with Gasteiger partial charge in [0.2, 0.25) is 6.29 Å². The summed E-state index contributed by atoms with van der Waals surface area (Å²) in [7, 11) is 1.77. The van der Waals surface area contributed by atoms with Crippen LogP contribution in [0.4, 0.5) is 4.39 Å². The van der Waals surface area contributed by atoms with E-state index < -0.39 is 66.9 Å². The van der Waals surface area contributed by atoms with Crippen LogP contribution in [-0.2, 0) is 49.9 Å². The number of carbonyl (C=O) groups is 4. The van der Waals surface area contributed by atoms with E-state index in [2.05, 4.69) is 15.3 Å². The molecule has 5 atom stereocenters. The van der Waals surface area contributed by atoms with E-state index in [1.165, 1.54) is 29.9 Å². The predicted molar refractivity (Wildman–Crippen MR) is 158 cm³/mol. The maximum absolute atomic E-state index is 13.8. The van der Waals surface area contributed by atoms with Crippen molar-refractivity contribution in [1.29, 1.82) is 0 Å². The Balaban J connectivity index is 1.61. The number of esters is 4. The van der Waals surface area contributed by atoms with Crippen LogP contribution in [0, 0.1) is 5.82 Å². The highest BCUT2D eigenvalue weighted by atomic mass is 19.1. The zero-order chi connectivity index (χ0) is 33.8. The molecule has 16 heteroatoms. The van der Waals surface area contributed by atoms with E-state index in [4.69, 9.17) is 28.7 Å². The lowest BCUT2D eigenvalue weighted by Crippen LogP contribution is -2.60. The van der Waals surface area contributed by atoms with Crippen LogP contribution in [0.1, 0.15) is 33.7 Å². The summed E-state index contributed by atoms with van der Waals surface area (Å²) in [6.45, 7) is 4.22. The fourth-order valence-corrected chi connectivity index (χ4v) is 5.33. The molecule has 1 aliphatic heterocycles. The van der Waals surface area contributed by atoms with Crippen LogP contribution in [0.5, 0.6) is 0 Å². The second-order valence-corrected chi connectivity index (χ2v) is 10.6. The molecule has 1 fully saturated rings. The van der Waals surface area contributed by atoms with Gasteiger partial charge in [0.15, 0.2) is 24.1 Å². The first-order valence-corrected chi connectivity index (χ1v) is 14.4. The largest absolute Gasteiger partial charge is 0.463 e. The summed E-state index contributed by atoms with van der Waals surface area (Å²) in [5.41, 5.74) is 2.89. The van der Waals surface area contributed by atoms with Crippen LogP contribution in [0.3, 0.4) is 0 Å². The molecule has 0 bridgehead atoms. The third kappa shape index (κ3) is 7.33. The lowest BCUT2D eigenvalue weighted by Gasteiger charge is -2.44. The molecule has 1 aliphatic rings. The van der Waals surface area contributed by atoms with Gasteiger partial charge in [0.1, 0.15) is 24.2 Å². The molecule has 4 aromatic rings. The minimum atomic E-state index is -1.46. The van der Waals surface area contributed by atoms with Gasteiger partial charge in [0, 0.05) is 58.3 Å². The summed E-state index contributed by atoms with van der Waals surface area (Å²) < 4.78 is 44.5. The Morgan fingerprint density at radius 1 is 0.851 bits per heavy atom. The number of pyridine rings is 1. The zero-order valence-electron chi connectivity index (χ0n) is 26.0. The number of aromatic nitrogens is 6. The molecule has 4 heterocycles. The smallest absolute Gasteiger partial charge is 0.305 e. The molecule has 1 saturated heterocycles. The first kappa shape index (κ1) is 32.9. The highest BCUT2D eigenvalue weighted by molar-refractivity contribution is 5.81. The Hall–Kier alpha value is -5.51. The zero-order valence-corrected chi connectivity index (χ0v) is 26.0. The molecule has 0 N–H and O–H groups in total. The molecule has 0 unspecified atom stereocenters. The van der Waals surface area contributed by atoms with Crippen molar-refractivity contribution in [1.82, 2.24) is 29.5 Å². The van der Waals surface area contributed by atoms with Crippen LogP contribution in [0.15, 0.2) is 55.0 Å². The van der Waals surface area contributed by atoms with Crippen LogP contribution >= 0.6 is 0 Å². The van der Waals surface area contributed by atoms with Gasteiger partial charge < -0.3 is 28.3 Å². The average Bonchev–Trinajstić information content (AvgIpc) is 3.62. The number of hydrogen-bond donors (Lipinski definition) is 0. The van der Waals surface area contributed by atoms with Crippen molar-refractivity contribution in [2.75, 3.05) is 6.61 Å². The molecule has 0 amide bonds. The number of imidazole rings is 1. The van der Waals surface area contributed by atoms with Gasteiger partial charge in [-0.25, -0.2) is 14.1 Å². The Bertz CT molecular complexity index is 1780. The number of hydrogen-bond acceptors (Lipinski definition) is 13. The van der Waals surface area contributed by atoms with Crippen LogP contribution in [-0.4, -0.2) is 84.6 Å². The molecular weight excluding hydrogens is 619 g/mol. The van der Waals surface area contributed by atoms with Crippen molar-refractivity contribution in [3.63, 3.8) is 0 Å². The number of rotatable bonds is 9. The number of ether oxygens (including phenoxy) is 5. The van der Waals surface area contributed by atoms with Gasteiger partial charge in [-0.2, -0.15) is 0 Å². The van der Waals surface area contributed by atoms with E-state index >= 15 is 0 Å². The van der Waals surface area contributed by atoms with Gasteiger partial charge in [0.25, 0.3) is 0 Å². The fraction of sp³-hybridized carbons (Fsp3) is 0.355. The van der Waals surface area contributed by atoms with Crippen LogP contribution < -0.4 is 0 Å². The van der Waals surface area contributed by atoms with Gasteiger partial charge in [-0.1, -0.05) is 5.21 Å². The van der Waals surface area contributed by atoms with Crippen LogP contribution in [0.2, 0.25) is 0 Å². The minimum absolute atomic E-state index is 0.255. The third-order valence-corrected chi connectivity index (χ3v) is 7.16. The number of halogens is 1. The average molecular weight is 651 g/mol. The fourth-order valence-electron chi connectivity index (χ4n) is 5.33. The molecule has 47 heavy (non-hydrogen) atoms. The molecule has 0 saturated carbocycles. The summed E-state index contributed by atoms with van der Waals surface area (Å²) in [4.78, 5) is 57.2. The second-order valence-electron chi connectivity index (χ2n) is 10.6. The van der Waals surface area contributed by atoms with Crippen molar-refractivity contribution in [2.24, 2.45) is 7.05 Å². The summed E-state index contributed by atoms with van der Waals surface area (Å²) in [5, 5.41) is 8.56. The number of nitrogens with zero attached hydrogens (tertiary/aromatic N) is 6. The summed E-state index contributed by atoms with van der Waals surface area (Å²) >= 11 is 0. The van der Waals surface area contributed by atoms with Crippen molar-refractivity contribution in [3.8, 4) is 34.0 Å². The van der Waals surface area contributed by atoms with Gasteiger partial charge in [0.05, 0.1) is 17.6 Å². The third-order valence-electron chi connectivity index (χ3n) is 7.16. The predicted octanol–water partition coefficient (Wildman–Crippen LogP) is 2.80. The number of carbonyl (C=O) groups excluding carboxylic acids is 4. The summed E-state index contributed by atoms with van der Waals surface area (Å²) in [6.07, 6.45) is -0.549. The van der Waals surface area contributed by atoms with Gasteiger partial charge in [-0.15, -0.1) is 5.10 Å². The first-order chi connectivity index (χ1) is 22.4. The summed E-state index contributed by atoms with van der Waals surface area (Å²) in [6, 6.07) is 8.26. The highest BCUT2D eigenvalue weighted by Gasteiger charge is 2.53. The van der Waals surface area contributed by atoms with E-state index in [9.17, 15) is 23.6 Å². The quantitative estimate of drug-likeness (QED) is 0.191. The van der Waals surface area contributed by atoms with Gasteiger partial charge in [-0.05, 0) is 36.4 Å². The number of benzene rings is 1. The topological polar surface area (TPSA) is 176 Å². The normalized spacial score (nSPS) is 20.7. The Morgan fingerprint density at radius 3 is 2.11 bits per heavy atom. The second kappa shape index (κ2) is 13.9. The lowest BCUT2D eigenvalue weighted by atomic mass is 9.96. The van der Waals surface area contributed by atoms with E-state index in [0.29, 0.717) is 22.8 Å². The van der Waals surface area contributed by atoms with Crippen LogP contribution in [0.25, 0.3) is 34.0 Å². The van der Waals surface area contributed by atoms with Gasteiger partial charge >= 0.3 is 23.9 Å². The van der Waals surface area contributed by atoms with Crippen molar-refractivity contribution in [2.45, 2.75) is 58.3 Å². The van der Waals surface area contributed by atoms with Crippen molar-refractivity contribution < 1.29 is 47.3 Å². The van der Waals surface area contributed by atoms with E-state index in [1.54, 1.807) is 48.3 Å². The first-order valence-electron chi connectivity index (χ1n) is 14.4. The van der Waals surface area contributed by atoms with Crippen molar-refractivity contribution >= 4 is 23.9 Å². The molecule has 1 aromatic carbocycles. The van der Waals surface area contributed by atoms with E-state index in [1.807, 2.05) is 0 Å². The Morgan fingerprint density at radius 2 is 1.49 bits per heavy atom. The SMILES string of the molecule is CC(=O)OC[C@H]1O[C@H](OC(C)=O)[C@H](n2cc(-c3nc(-c4ccc(F)cc4)c(-c4ccncc4)n3C)nn2)[C@@H](OC(C)=O)[C@@H]1OC(C)=O. The van der Waals surface area contributed by atoms with E-state index in [-0.39, 0.29) is 5.69 Å². The Kier molecular flexibility index (Phi) is 9.70. The molecule has 246 valence electrons. The van der Waals surface area contributed by atoms with E-state index in [0.717, 1.165) is 26.3 Å². The van der Waals surface area contributed by atoms with Crippen molar-refractivity contribution in [3.05, 3.63) is 60.8 Å². The molecular formula is C31H31FN6O9. The molecule has 15 nitrogen and oxygen atoms in total. The minimum Gasteiger partial charge on any atom is -0.463 e. The highest BCUT2D eigenvalue weighted by Crippen LogP contribution is 2.38. The summed E-state index contributed by atoms with van der Waals surface area (Å²) in [5.74, 6) is -2.92. The molecule has 0 aliphatic carbocycles. The Labute approximate surface area is 267 Å². The molecule has 5 rings (SSSR count). The van der Waals surface area contributed by atoms with Gasteiger partial charge in [-0.3, -0.25) is 24.2 Å². The lowest BCUT2D eigenvalue weighted by molar-refractivity contribution is -0.280. The molecule has 3 aromatic heterocycles.